The number of rotatable bonds is 8. The number of nitrogens with zero attached hydrogens (tertiary/aromatic N) is 2. The van der Waals surface area contributed by atoms with Crippen molar-refractivity contribution in [2.45, 2.75) is 76.1 Å². The van der Waals surface area contributed by atoms with Crippen LogP contribution in [0.25, 0.3) is 0 Å². The Hall–Kier alpha value is -0.120. The number of aliphatic imine (C=N–C) groups is 1. The first kappa shape index (κ1) is 22.2. The first-order valence-corrected chi connectivity index (χ1v) is 10.2. The number of aliphatic hydroxyl groups excluding tert-OH is 1. The van der Waals surface area contributed by atoms with Gasteiger partial charge >= 0.3 is 0 Å². The van der Waals surface area contributed by atoms with Gasteiger partial charge < -0.3 is 25.4 Å². The molecule has 0 spiro atoms. The first-order chi connectivity index (χ1) is 12.2. The van der Waals surface area contributed by atoms with Gasteiger partial charge in [0.2, 0.25) is 0 Å². The number of guanidine groups is 1. The van der Waals surface area contributed by atoms with Crippen molar-refractivity contribution in [2.24, 2.45) is 10.9 Å². The van der Waals surface area contributed by atoms with Gasteiger partial charge in [-0.1, -0.05) is 6.42 Å². The van der Waals surface area contributed by atoms with Gasteiger partial charge in [-0.2, -0.15) is 0 Å². The highest BCUT2D eigenvalue weighted by atomic mass is 127. The van der Waals surface area contributed by atoms with Crippen LogP contribution < -0.4 is 10.6 Å². The van der Waals surface area contributed by atoms with E-state index in [4.69, 9.17) is 4.74 Å². The van der Waals surface area contributed by atoms with Crippen molar-refractivity contribution in [3.8, 4) is 0 Å². The summed E-state index contributed by atoms with van der Waals surface area (Å²) < 4.78 is 5.56. The number of halogens is 1. The lowest BCUT2D eigenvalue weighted by Gasteiger charge is -2.47. The molecule has 26 heavy (non-hydrogen) atoms. The molecule has 6 nitrogen and oxygen atoms in total. The first-order valence-electron chi connectivity index (χ1n) is 10.2. The van der Waals surface area contributed by atoms with Gasteiger partial charge in [-0.05, 0) is 58.4 Å². The zero-order chi connectivity index (χ0) is 17.6. The van der Waals surface area contributed by atoms with E-state index in [2.05, 4.69) is 34.5 Å². The van der Waals surface area contributed by atoms with Crippen LogP contribution in [0.5, 0.6) is 0 Å². The smallest absolute Gasteiger partial charge is 0.191 e. The van der Waals surface area contributed by atoms with E-state index in [1.165, 1.54) is 44.9 Å². The van der Waals surface area contributed by atoms with Gasteiger partial charge in [0.25, 0.3) is 0 Å². The Balaban J connectivity index is 0.00000243. The molecule has 2 aliphatic heterocycles. The van der Waals surface area contributed by atoms with Crippen LogP contribution in [0.4, 0.5) is 0 Å². The Morgan fingerprint density at radius 1 is 1.23 bits per heavy atom. The summed E-state index contributed by atoms with van der Waals surface area (Å²) in [7, 11) is 2.28. The van der Waals surface area contributed by atoms with Gasteiger partial charge in [0, 0.05) is 31.3 Å². The largest absolute Gasteiger partial charge is 0.389 e. The van der Waals surface area contributed by atoms with Crippen LogP contribution in [-0.4, -0.2) is 73.5 Å². The van der Waals surface area contributed by atoms with Gasteiger partial charge in [0.15, 0.2) is 5.96 Å². The quantitative estimate of drug-likeness (QED) is 0.282. The topological polar surface area (TPSA) is 69.1 Å². The normalized spacial score (nSPS) is 30.4. The molecule has 3 fully saturated rings. The van der Waals surface area contributed by atoms with E-state index in [1.54, 1.807) is 0 Å². The molecule has 1 saturated carbocycles. The maximum Gasteiger partial charge on any atom is 0.191 e. The second-order valence-corrected chi connectivity index (χ2v) is 8.07. The Bertz CT molecular complexity index is 433. The number of hydrogen-bond acceptors (Lipinski definition) is 4. The standard InChI is InChI=1S/C19H36N4O2.HI/c1-3-20-19(21-11-18(24)13-25-12-14-7-8-14)22-15-9-16-5-4-6-17(10-15)23(16)2;/h14-18,24H,3-13H2,1-2H3,(H2,20,21,22);1H. The molecular weight excluding hydrogens is 443 g/mol. The highest BCUT2D eigenvalue weighted by Crippen LogP contribution is 2.32. The van der Waals surface area contributed by atoms with Crippen LogP contribution in [0.15, 0.2) is 4.99 Å². The van der Waals surface area contributed by atoms with Gasteiger partial charge in [-0.15, -0.1) is 24.0 Å². The van der Waals surface area contributed by atoms with Crippen molar-refractivity contribution in [1.82, 2.24) is 15.5 Å². The molecule has 3 aliphatic rings. The van der Waals surface area contributed by atoms with Crippen molar-refractivity contribution in [3.63, 3.8) is 0 Å². The highest BCUT2D eigenvalue weighted by molar-refractivity contribution is 14.0. The number of hydrogen-bond donors (Lipinski definition) is 3. The maximum atomic E-state index is 10.1. The van der Waals surface area contributed by atoms with Crippen LogP contribution in [-0.2, 0) is 4.74 Å². The van der Waals surface area contributed by atoms with Crippen LogP contribution in [0.1, 0.15) is 51.9 Å². The third-order valence-electron chi connectivity index (χ3n) is 5.85. The molecule has 1 aliphatic carbocycles. The molecule has 0 aromatic rings. The molecule has 3 rings (SSSR count). The van der Waals surface area contributed by atoms with E-state index >= 15 is 0 Å². The Labute approximate surface area is 175 Å². The van der Waals surface area contributed by atoms with Crippen molar-refractivity contribution in [3.05, 3.63) is 0 Å². The second-order valence-electron chi connectivity index (χ2n) is 8.07. The van der Waals surface area contributed by atoms with Crippen molar-refractivity contribution in [1.29, 1.82) is 0 Å². The summed E-state index contributed by atoms with van der Waals surface area (Å²) in [6, 6.07) is 1.89. The van der Waals surface area contributed by atoms with Gasteiger partial charge in [0.05, 0.1) is 19.3 Å². The SMILES string of the molecule is CCNC(=NCC(O)COCC1CC1)NC1CC2CCCC(C1)N2C.I. The van der Waals surface area contributed by atoms with E-state index < -0.39 is 6.10 Å². The molecule has 2 heterocycles. The molecule has 3 N–H and O–H groups in total. The average molecular weight is 480 g/mol. The van der Waals surface area contributed by atoms with Crippen LogP contribution in [0.2, 0.25) is 0 Å². The molecule has 152 valence electrons. The summed E-state index contributed by atoms with van der Waals surface area (Å²) in [5, 5.41) is 17.0. The molecular formula is C19H37IN4O2. The zero-order valence-corrected chi connectivity index (χ0v) is 18.7. The maximum absolute atomic E-state index is 10.1. The molecule has 2 bridgehead atoms. The molecule has 3 unspecified atom stereocenters. The van der Waals surface area contributed by atoms with E-state index in [9.17, 15) is 5.11 Å². The van der Waals surface area contributed by atoms with Gasteiger partial charge in [0.1, 0.15) is 0 Å². The lowest BCUT2D eigenvalue weighted by molar-refractivity contribution is 0.0367. The number of piperidine rings is 2. The van der Waals surface area contributed by atoms with Crippen LogP contribution >= 0.6 is 24.0 Å². The summed E-state index contributed by atoms with van der Waals surface area (Å²) in [4.78, 5) is 7.16. The van der Waals surface area contributed by atoms with E-state index in [-0.39, 0.29) is 24.0 Å². The number of ether oxygens (including phenoxy) is 1. The van der Waals surface area contributed by atoms with E-state index in [1.807, 2.05) is 0 Å². The Kier molecular flexibility index (Phi) is 9.40. The molecule has 0 aromatic heterocycles. The summed E-state index contributed by atoms with van der Waals surface area (Å²) in [5.41, 5.74) is 0. The predicted molar refractivity (Wildman–Crippen MR) is 116 cm³/mol. The van der Waals surface area contributed by atoms with E-state index in [0.29, 0.717) is 31.3 Å². The van der Waals surface area contributed by atoms with Crippen LogP contribution in [0, 0.1) is 5.92 Å². The molecule has 0 aromatic carbocycles. The minimum Gasteiger partial charge on any atom is -0.389 e. The van der Waals surface area contributed by atoms with Gasteiger partial charge in [-0.3, -0.25) is 4.99 Å². The lowest BCUT2D eigenvalue weighted by Crippen LogP contribution is -2.56. The fourth-order valence-corrected chi connectivity index (χ4v) is 4.15. The minimum atomic E-state index is -0.522. The summed E-state index contributed by atoms with van der Waals surface area (Å²) in [6.45, 7) is 4.48. The molecule has 7 heteroatoms. The lowest BCUT2D eigenvalue weighted by atomic mass is 9.82. The summed E-state index contributed by atoms with van der Waals surface area (Å²) in [6.07, 6.45) is 8.41. The minimum absolute atomic E-state index is 0. The number of aliphatic hydroxyl groups is 1. The van der Waals surface area contributed by atoms with Gasteiger partial charge in [-0.25, -0.2) is 0 Å². The monoisotopic (exact) mass is 480 g/mol. The molecule has 0 radical (unpaired) electrons. The molecule has 0 amide bonds. The fraction of sp³-hybridized carbons (Fsp3) is 0.947. The van der Waals surface area contributed by atoms with Crippen molar-refractivity contribution < 1.29 is 9.84 Å². The third kappa shape index (κ3) is 6.80. The molecule has 2 saturated heterocycles. The number of nitrogens with one attached hydrogen (secondary N) is 2. The fourth-order valence-electron chi connectivity index (χ4n) is 4.15. The van der Waals surface area contributed by atoms with Crippen molar-refractivity contribution >= 4 is 29.9 Å². The van der Waals surface area contributed by atoms with E-state index in [0.717, 1.165) is 25.0 Å². The van der Waals surface area contributed by atoms with Crippen molar-refractivity contribution in [2.75, 3.05) is 33.4 Å². The zero-order valence-electron chi connectivity index (χ0n) is 16.3. The number of fused-ring (bicyclic) bond motifs is 2. The Morgan fingerprint density at radius 3 is 2.54 bits per heavy atom. The Morgan fingerprint density at radius 2 is 1.92 bits per heavy atom. The predicted octanol–water partition coefficient (Wildman–Crippen LogP) is 1.96. The third-order valence-corrected chi connectivity index (χ3v) is 5.85. The average Bonchev–Trinajstić information content (AvgIpc) is 3.38. The molecule has 3 atom stereocenters. The summed E-state index contributed by atoms with van der Waals surface area (Å²) >= 11 is 0. The summed E-state index contributed by atoms with van der Waals surface area (Å²) in [5.74, 6) is 1.56. The highest BCUT2D eigenvalue weighted by Gasteiger charge is 2.36. The van der Waals surface area contributed by atoms with Crippen LogP contribution in [0.3, 0.4) is 0 Å². The second kappa shape index (κ2) is 11.0.